The second kappa shape index (κ2) is 5.05. The molecule has 0 radical (unpaired) electrons. The average molecular weight is 293 g/mol. The molecule has 4 nitrogen and oxygen atoms in total. The van der Waals surface area contributed by atoms with Crippen molar-refractivity contribution in [3.8, 4) is 0 Å². The summed E-state index contributed by atoms with van der Waals surface area (Å²) in [7, 11) is 0. The minimum absolute atomic E-state index is 0.00468. The van der Waals surface area contributed by atoms with E-state index in [-0.39, 0.29) is 17.9 Å². The van der Waals surface area contributed by atoms with Crippen LogP contribution in [0.2, 0.25) is 0 Å². The molecule has 1 aromatic heterocycles. The second-order valence-electron chi connectivity index (χ2n) is 3.46. The number of hydrogen-bond donors (Lipinski definition) is 0. The highest BCUT2D eigenvalue weighted by molar-refractivity contribution is 9.10. The van der Waals surface area contributed by atoms with Crippen LogP contribution in [0.1, 0.15) is 10.4 Å². The summed E-state index contributed by atoms with van der Waals surface area (Å²) in [5.74, 6) is -0.118. The minimum atomic E-state index is -0.260. The van der Waals surface area contributed by atoms with Gasteiger partial charge in [-0.1, -0.05) is 30.3 Å². The van der Waals surface area contributed by atoms with E-state index in [4.69, 9.17) is 0 Å². The molecule has 0 bridgehead atoms. The highest BCUT2D eigenvalue weighted by Crippen LogP contribution is 2.02. The van der Waals surface area contributed by atoms with Gasteiger partial charge in [-0.25, -0.2) is 4.98 Å². The molecule has 5 heteroatoms. The van der Waals surface area contributed by atoms with E-state index in [1.165, 1.54) is 17.1 Å². The fraction of sp³-hybridized carbons (Fsp3) is 0.0833. The zero-order valence-electron chi connectivity index (χ0n) is 8.84. The van der Waals surface area contributed by atoms with E-state index >= 15 is 0 Å². The summed E-state index contributed by atoms with van der Waals surface area (Å²) in [5.41, 5.74) is 0.323. The zero-order valence-corrected chi connectivity index (χ0v) is 10.4. The Labute approximate surface area is 106 Å². The summed E-state index contributed by atoms with van der Waals surface area (Å²) < 4.78 is 1.63. The fourth-order valence-electron chi connectivity index (χ4n) is 1.41. The molecule has 0 atom stereocenters. The van der Waals surface area contributed by atoms with Crippen molar-refractivity contribution in [1.29, 1.82) is 0 Å². The van der Waals surface area contributed by atoms with E-state index in [1.807, 2.05) is 6.07 Å². The third kappa shape index (κ3) is 2.68. The van der Waals surface area contributed by atoms with Crippen LogP contribution < -0.4 is 5.56 Å². The van der Waals surface area contributed by atoms with Crippen LogP contribution in [0, 0.1) is 0 Å². The Morgan fingerprint density at radius 3 is 2.71 bits per heavy atom. The summed E-state index contributed by atoms with van der Waals surface area (Å²) >= 11 is 3.09. The van der Waals surface area contributed by atoms with E-state index in [0.29, 0.717) is 10.0 Å². The summed E-state index contributed by atoms with van der Waals surface area (Å²) in [6, 6.07) is 8.85. The van der Waals surface area contributed by atoms with Gasteiger partial charge in [-0.15, -0.1) is 0 Å². The number of carbonyl (C=O) groups excluding carboxylic acids is 1. The topological polar surface area (TPSA) is 52.0 Å². The monoisotopic (exact) mass is 292 g/mol. The van der Waals surface area contributed by atoms with Gasteiger partial charge in [-0.2, -0.15) is 0 Å². The molecular formula is C12H9BrN2O2. The van der Waals surface area contributed by atoms with Crippen LogP contribution in [0.25, 0.3) is 0 Å². The molecule has 86 valence electrons. The molecule has 0 spiro atoms. The maximum Gasteiger partial charge on any atom is 0.268 e. The number of ketones is 1. The van der Waals surface area contributed by atoms with Gasteiger partial charge in [0.05, 0.1) is 12.9 Å². The van der Waals surface area contributed by atoms with E-state index in [2.05, 4.69) is 20.9 Å². The molecule has 0 aliphatic rings. The second-order valence-corrected chi connectivity index (χ2v) is 4.32. The van der Waals surface area contributed by atoms with Gasteiger partial charge in [-0.05, 0) is 15.9 Å². The Hall–Kier alpha value is -1.75. The first-order valence-electron chi connectivity index (χ1n) is 4.96. The predicted octanol–water partition coefficient (Wildman–Crippen LogP) is 1.89. The van der Waals surface area contributed by atoms with Crippen molar-refractivity contribution in [2.45, 2.75) is 6.54 Å². The van der Waals surface area contributed by atoms with E-state index in [0.717, 1.165) is 0 Å². The normalized spacial score (nSPS) is 10.2. The van der Waals surface area contributed by atoms with Crippen LogP contribution >= 0.6 is 15.9 Å². The lowest BCUT2D eigenvalue weighted by molar-refractivity contribution is 0.0970. The van der Waals surface area contributed by atoms with Gasteiger partial charge in [0.25, 0.3) is 5.56 Å². The molecule has 0 N–H and O–H groups in total. The summed E-state index contributed by atoms with van der Waals surface area (Å²) in [6.07, 6.45) is 2.76. The van der Waals surface area contributed by atoms with Crippen LogP contribution in [0.5, 0.6) is 0 Å². The Balaban J connectivity index is 2.25. The Bertz CT molecular complexity index is 593. The molecule has 0 saturated carbocycles. The van der Waals surface area contributed by atoms with Gasteiger partial charge in [0.1, 0.15) is 4.47 Å². The van der Waals surface area contributed by atoms with Crippen LogP contribution in [0.4, 0.5) is 0 Å². The van der Waals surface area contributed by atoms with Crippen molar-refractivity contribution in [3.63, 3.8) is 0 Å². The number of halogens is 1. The minimum Gasteiger partial charge on any atom is -0.292 e. The lowest BCUT2D eigenvalue weighted by Crippen LogP contribution is -2.24. The standard InChI is InChI=1S/C12H9BrN2O2/c13-10-6-14-8-15(12(10)17)7-11(16)9-4-2-1-3-5-9/h1-6,8H,7H2. The molecule has 0 aliphatic heterocycles. The smallest absolute Gasteiger partial charge is 0.268 e. The fourth-order valence-corrected chi connectivity index (χ4v) is 1.75. The first kappa shape index (κ1) is 11.7. The molecule has 2 rings (SSSR count). The van der Waals surface area contributed by atoms with Crippen molar-refractivity contribution in [2.24, 2.45) is 0 Å². The Morgan fingerprint density at radius 2 is 2.00 bits per heavy atom. The predicted molar refractivity (Wildman–Crippen MR) is 67.0 cm³/mol. The molecule has 0 saturated heterocycles. The van der Waals surface area contributed by atoms with Crippen molar-refractivity contribution in [1.82, 2.24) is 9.55 Å². The molecule has 0 aliphatic carbocycles. The molecule has 17 heavy (non-hydrogen) atoms. The largest absolute Gasteiger partial charge is 0.292 e. The number of hydrogen-bond acceptors (Lipinski definition) is 3. The van der Waals surface area contributed by atoms with Gasteiger partial charge < -0.3 is 0 Å². The van der Waals surface area contributed by atoms with Crippen LogP contribution in [0.3, 0.4) is 0 Å². The number of carbonyl (C=O) groups is 1. The summed E-state index contributed by atoms with van der Waals surface area (Å²) in [5, 5.41) is 0. The maximum atomic E-state index is 11.9. The van der Waals surface area contributed by atoms with Crippen molar-refractivity contribution in [2.75, 3.05) is 0 Å². The number of aromatic nitrogens is 2. The number of rotatable bonds is 3. The average Bonchev–Trinajstić information content (AvgIpc) is 2.36. The van der Waals surface area contributed by atoms with Crippen LogP contribution in [-0.2, 0) is 6.54 Å². The molecule has 0 unspecified atom stereocenters. The molecular weight excluding hydrogens is 284 g/mol. The number of benzene rings is 1. The first-order chi connectivity index (χ1) is 8.18. The van der Waals surface area contributed by atoms with Crippen molar-refractivity contribution < 1.29 is 4.79 Å². The van der Waals surface area contributed by atoms with Crippen molar-refractivity contribution in [3.05, 3.63) is 63.2 Å². The summed E-state index contributed by atoms with van der Waals surface area (Å²) in [4.78, 5) is 27.4. The Kier molecular flexibility index (Phi) is 3.49. The third-order valence-corrected chi connectivity index (χ3v) is 2.81. The number of Topliss-reactive ketones (excluding diaryl/α,β-unsaturated/α-hetero) is 1. The quantitative estimate of drug-likeness (QED) is 0.812. The van der Waals surface area contributed by atoms with Gasteiger partial charge in [0.2, 0.25) is 0 Å². The SMILES string of the molecule is O=C(Cn1cncc(Br)c1=O)c1ccccc1. The van der Waals surface area contributed by atoms with E-state index in [1.54, 1.807) is 24.3 Å². The molecule has 0 amide bonds. The van der Waals surface area contributed by atoms with E-state index < -0.39 is 0 Å². The highest BCUT2D eigenvalue weighted by atomic mass is 79.9. The van der Waals surface area contributed by atoms with Crippen molar-refractivity contribution >= 4 is 21.7 Å². The maximum absolute atomic E-state index is 11.9. The first-order valence-corrected chi connectivity index (χ1v) is 5.76. The van der Waals surface area contributed by atoms with Gasteiger partial charge in [-0.3, -0.25) is 14.2 Å². The van der Waals surface area contributed by atoms with E-state index in [9.17, 15) is 9.59 Å². The molecule has 2 aromatic rings. The number of nitrogens with zero attached hydrogens (tertiary/aromatic N) is 2. The Morgan fingerprint density at radius 1 is 1.29 bits per heavy atom. The lowest BCUT2D eigenvalue weighted by Gasteiger charge is -2.04. The molecule has 1 heterocycles. The highest BCUT2D eigenvalue weighted by Gasteiger charge is 2.08. The van der Waals surface area contributed by atoms with Crippen LogP contribution in [-0.4, -0.2) is 15.3 Å². The van der Waals surface area contributed by atoms with Gasteiger partial charge >= 0.3 is 0 Å². The molecule has 1 aromatic carbocycles. The van der Waals surface area contributed by atoms with Gasteiger partial charge in [0, 0.05) is 11.8 Å². The van der Waals surface area contributed by atoms with Gasteiger partial charge in [0.15, 0.2) is 5.78 Å². The zero-order chi connectivity index (χ0) is 12.3. The van der Waals surface area contributed by atoms with Crippen LogP contribution in [0.15, 0.2) is 52.1 Å². The lowest BCUT2D eigenvalue weighted by atomic mass is 10.1. The summed E-state index contributed by atoms with van der Waals surface area (Å²) in [6.45, 7) is -0.00468. The molecule has 0 fully saturated rings. The third-order valence-electron chi connectivity index (χ3n) is 2.27.